The van der Waals surface area contributed by atoms with Crippen molar-refractivity contribution >= 4 is 11.8 Å². The average Bonchev–Trinajstić information content (AvgIpc) is 2.71. The summed E-state index contributed by atoms with van der Waals surface area (Å²) in [5.41, 5.74) is 0.218. The van der Waals surface area contributed by atoms with Crippen LogP contribution in [-0.2, 0) is 11.3 Å². The van der Waals surface area contributed by atoms with E-state index in [2.05, 4.69) is 0 Å². The van der Waals surface area contributed by atoms with Crippen LogP contribution in [0.2, 0.25) is 0 Å². The molecule has 4 nitrogen and oxygen atoms in total. The summed E-state index contributed by atoms with van der Waals surface area (Å²) in [5, 5.41) is 0. The molecule has 2 aromatic carbocycles. The Kier molecular flexibility index (Phi) is 5.45. The van der Waals surface area contributed by atoms with Crippen molar-refractivity contribution in [3.8, 4) is 0 Å². The zero-order valence-electron chi connectivity index (χ0n) is 15.6. The molecular formula is C21H21F4N2O2+. The largest absolute Gasteiger partial charge is 0.440 e. The Morgan fingerprint density at radius 1 is 1.07 bits per heavy atom. The van der Waals surface area contributed by atoms with Gasteiger partial charge in [-0.1, -0.05) is 6.07 Å². The van der Waals surface area contributed by atoms with E-state index in [0.29, 0.717) is 6.54 Å². The average molecular weight is 409 g/mol. The van der Waals surface area contributed by atoms with E-state index in [1.54, 1.807) is 0 Å². The fourth-order valence-corrected chi connectivity index (χ4v) is 4.19. The normalized spacial score (nSPS) is 23.1. The van der Waals surface area contributed by atoms with E-state index >= 15 is 0 Å². The number of ether oxygens (including phenoxy) is 1. The summed E-state index contributed by atoms with van der Waals surface area (Å²) < 4.78 is 60.0. The van der Waals surface area contributed by atoms with E-state index in [1.165, 1.54) is 23.1 Å². The molecule has 3 aliphatic rings. The van der Waals surface area contributed by atoms with E-state index in [1.807, 2.05) is 0 Å². The maximum absolute atomic E-state index is 13.7. The molecule has 0 saturated carbocycles. The fourth-order valence-electron chi connectivity index (χ4n) is 4.19. The number of carbonyl (C=O) groups excluding carboxylic acids is 1. The molecule has 1 N–H and O–H groups in total. The zero-order chi connectivity index (χ0) is 20.5. The highest BCUT2D eigenvalue weighted by Crippen LogP contribution is 2.25. The van der Waals surface area contributed by atoms with E-state index in [-0.39, 0.29) is 29.8 Å². The van der Waals surface area contributed by atoms with Crippen LogP contribution in [0.15, 0.2) is 36.4 Å². The minimum atomic E-state index is -1.58. The van der Waals surface area contributed by atoms with Crippen LogP contribution in [0.3, 0.4) is 0 Å². The second-order valence-corrected chi connectivity index (χ2v) is 7.65. The highest BCUT2D eigenvalue weighted by atomic mass is 19.2. The lowest BCUT2D eigenvalue weighted by Gasteiger charge is -2.41. The number of rotatable bonds is 4. The Hall–Kier alpha value is -2.61. The molecule has 154 valence electrons. The molecule has 3 aliphatic heterocycles. The van der Waals surface area contributed by atoms with Crippen molar-refractivity contribution in [3.63, 3.8) is 0 Å². The summed E-state index contributed by atoms with van der Waals surface area (Å²) >= 11 is 0. The van der Waals surface area contributed by atoms with Crippen LogP contribution < -0.4 is 9.80 Å². The maximum atomic E-state index is 13.7. The number of nitrogens with one attached hydrogen (secondary N) is 1. The number of hydrogen-bond donors (Lipinski definition) is 1. The van der Waals surface area contributed by atoms with Crippen molar-refractivity contribution < 1.29 is 32.0 Å². The summed E-state index contributed by atoms with van der Waals surface area (Å²) in [6.07, 6.45) is 0.972. The minimum absolute atomic E-state index is 0.0298. The van der Waals surface area contributed by atoms with Gasteiger partial charge in [-0.15, -0.1) is 0 Å². The van der Waals surface area contributed by atoms with Gasteiger partial charge in [0, 0.05) is 18.8 Å². The number of anilines is 1. The standard InChI is InChI=1S/C21H20F4N2O2/c22-15-2-1-3-16(10-15)27(11-13-8-17(23)20(25)18(24)9-13)21(28)29-19-12-26-6-4-14(19)5-7-26/h1-3,8-10,14,19H,4-7,11-12H2/p+1. The molecule has 8 heteroatoms. The number of piperidine rings is 3. The number of nitrogens with zero attached hydrogens (tertiary/aromatic N) is 1. The van der Waals surface area contributed by atoms with Gasteiger partial charge < -0.3 is 9.64 Å². The fraction of sp³-hybridized carbons (Fsp3) is 0.381. The van der Waals surface area contributed by atoms with Crippen LogP contribution in [0, 0.1) is 29.2 Å². The number of carbonyl (C=O) groups is 1. The Bertz CT molecular complexity index is 892. The zero-order valence-corrected chi connectivity index (χ0v) is 15.6. The van der Waals surface area contributed by atoms with Gasteiger partial charge in [-0.3, -0.25) is 4.90 Å². The van der Waals surface area contributed by atoms with Gasteiger partial charge in [-0.2, -0.15) is 0 Å². The van der Waals surface area contributed by atoms with Crippen molar-refractivity contribution in [2.75, 3.05) is 24.5 Å². The molecule has 5 rings (SSSR count). The van der Waals surface area contributed by atoms with Crippen molar-refractivity contribution in [3.05, 3.63) is 65.2 Å². The lowest BCUT2D eigenvalue weighted by atomic mass is 9.86. The van der Waals surface area contributed by atoms with Crippen molar-refractivity contribution in [1.29, 1.82) is 0 Å². The predicted molar refractivity (Wildman–Crippen MR) is 97.5 cm³/mol. The maximum Gasteiger partial charge on any atom is 0.415 e. The molecule has 3 fully saturated rings. The number of halogens is 4. The lowest BCUT2D eigenvalue weighted by molar-refractivity contribution is -0.920. The van der Waals surface area contributed by atoms with Gasteiger partial charge in [0.25, 0.3) is 0 Å². The first-order valence-electron chi connectivity index (χ1n) is 9.61. The third-order valence-electron chi connectivity index (χ3n) is 5.73. The van der Waals surface area contributed by atoms with Crippen molar-refractivity contribution in [2.45, 2.75) is 25.5 Å². The van der Waals surface area contributed by atoms with Gasteiger partial charge in [-0.25, -0.2) is 22.4 Å². The van der Waals surface area contributed by atoms with Gasteiger partial charge in [0.1, 0.15) is 12.4 Å². The summed E-state index contributed by atoms with van der Waals surface area (Å²) in [7, 11) is 0. The molecule has 0 aliphatic carbocycles. The summed E-state index contributed by atoms with van der Waals surface area (Å²) in [4.78, 5) is 15.4. The van der Waals surface area contributed by atoms with E-state index < -0.39 is 29.4 Å². The second-order valence-electron chi connectivity index (χ2n) is 7.65. The van der Waals surface area contributed by atoms with Gasteiger partial charge in [0.2, 0.25) is 0 Å². The van der Waals surface area contributed by atoms with Crippen LogP contribution in [0.25, 0.3) is 0 Å². The van der Waals surface area contributed by atoms with Gasteiger partial charge >= 0.3 is 6.09 Å². The first-order chi connectivity index (χ1) is 13.9. The Morgan fingerprint density at radius 3 is 2.34 bits per heavy atom. The molecular weight excluding hydrogens is 388 g/mol. The summed E-state index contributed by atoms with van der Waals surface area (Å²) in [6, 6.07) is 6.92. The van der Waals surface area contributed by atoms with E-state index in [9.17, 15) is 22.4 Å². The third kappa shape index (κ3) is 4.22. The second kappa shape index (κ2) is 8.02. The third-order valence-corrected chi connectivity index (χ3v) is 5.73. The summed E-state index contributed by atoms with van der Waals surface area (Å²) in [5.74, 6) is -4.57. The molecule has 2 aromatic rings. The first kappa shape index (κ1) is 19.7. The highest BCUT2D eigenvalue weighted by molar-refractivity contribution is 5.87. The van der Waals surface area contributed by atoms with Gasteiger partial charge in [0.15, 0.2) is 23.6 Å². The predicted octanol–water partition coefficient (Wildman–Crippen LogP) is 3.06. The Morgan fingerprint density at radius 2 is 1.76 bits per heavy atom. The Labute approximate surface area is 165 Å². The van der Waals surface area contributed by atoms with Crippen LogP contribution in [0.5, 0.6) is 0 Å². The van der Waals surface area contributed by atoms with Crippen molar-refractivity contribution in [2.24, 2.45) is 5.92 Å². The van der Waals surface area contributed by atoms with Gasteiger partial charge in [0.05, 0.1) is 25.3 Å². The molecule has 1 atom stereocenters. The van der Waals surface area contributed by atoms with E-state index in [4.69, 9.17) is 4.74 Å². The molecule has 29 heavy (non-hydrogen) atoms. The molecule has 3 heterocycles. The van der Waals surface area contributed by atoms with Crippen LogP contribution in [0.4, 0.5) is 28.0 Å². The molecule has 0 spiro atoms. The highest BCUT2D eigenvalue weighted by Gasteiger charge is 2.40. The quantitative estimate of drug-likeness (QED) is 0.622. The molecule has 1 amide bonds. The minimum Gasteiger partial charge on any atom is -0.440 e. The molecule has 1 unspecified atom stereocenters. The topological polar surface area (TPSA) is 34.0 Å². The molecule has 0 radical (unpaired) electrons. The Balaban J connectivity index is 1.59. The monoisotopic (exact) mass is 409 g/mol. The van der Waals surface area contributed by atoms with Crippen molar-refractivity contribution in [1.82, 2.24) is 0 Å². The molecule has 0 aromatic heterocycles. The number of quaternary nitrogens is 1. The SMILES string of the molecule is O=C(OC1C[NH+]2CCC1CC2)N(Cc1cc(F)c(F)c(F)c1)c1cccc(F)c1. The lowest BCUT2D eigenvalue weighted by Crippen LogP contribution is -3.16. The number of hydrogen-bond acceptors (Lipinski definition) is 2. The van der Waals surface area contributed by atoms with Crippen LogP contribution >= 0.6 is 0 Å². The van der Waals surface area contributed by atoms with Crippen LogP contribution in [0.1, 0.15) is 18.4 Å². The van der Waals surface area contributed by atoms with Gasteiger partial charge in [-0.05, 0) is 35.9 Å². The first-order valence-corrected chi connectivity index (χ1v) is 9.61. The summed E-state index contributed by atoms with van der Waals surface area (Å²) in [6.45, 7) is 2.54. The van der Waals surface area contributed by atoms with Crippen LogP contribution in [-0.4, -0.2) is 31.8 Å². The molecule has 3 saturated heterocycles. The molecule has 2 bridgehead atoms. The number of benzene rings is 2. The smallest absolute Gasteiger partial charge is 0.415 e. The number of amides is 1. The number of fused-ring (bicyclic) bond motifs is 3. The van der Waals surface area contributed by atoms with E-state index in [0.717, 1.165) is 49.0 Å².